The van der Waals surface area contributed by atoms with Crippen LogP contribution in [-0.2, 0) is 4.84 Å². The van der Waals surface area contributed by atoms with Crippen molar-refractivity contribution in [2.75, 3.05) is 18.5 Å². The van der Waals surface area contributed by atoms with E-state index in [1.807, 2.05) is 0 Å². The van der Waals surface area contributed by atoms with E-state index in [4.69, 9.17) is 5.90 Å². The Kier molecular flexibility index (Phi) is 3.73. The molecule has 0 amide bonds. The third-order valence-corrected chi connectivity index (χ3v) is 2.06. The molecule has 13 heavy (non-hydrogen) atoms. The van der Waals surface area contributed by atoms with E-state index < -0.39 is 0 Å². The first-order chi connectivity index (χ1) is 6.24. The van der Waals surface area contributed by atoms with Crippen LogP contribution in [0.3, 0.4) is 0 Å². The number of aryl methyl sites for hydroxylation is 2. The van der Waals surface area contributed by atoms with Crippen LogP contribution in [0.5, 0.6) is 0 Å². The van der Waals surface area contributed by atoms with Crippen molar-refractivity contribution in [3.63, 3.8) is 0 Å². The molecule has 1 aromatic carbocycles. The Morgan fingerprint density at radius 1 is 1.31 bits per heavy atom. The molecule has 0 fully saturated rings. The standard InChI is InChI=1S/C10H16N2O/c1-8-3-4-10(7-9(8)2)12-5-6-13-11/h3-4,7,12H,5-6,11H2,1-2H3. The molecule has 0 saturated carbocycles. The van der Waals surface area contributed by atoms with Crippen molar-refractivity contribution < 1.29 is 4.84 Å². The molecule has 0 saturated heterocycles. The number of nitrogens with one attached hydrogen (secondary N) is 1. The first-order valence-electron chi connectivity index (χ1n) is 4.37. The second-order valence-electron chi connectivity index (χ2n) is 3.10. The monoisotopic (exact) mass is 180 g/mol. The smallest absolute Gasteiger partial charge is 0.0851 e. The van der Waals surface area contributed by atoms with Crippen LogP contribution in [0.4, 0.5) is 5.69 Å². The minimum absolute atomic E-state index is 0.521. The Hall–Kier alpha value is -1.06. The van der Waals surface area contributed by atoms with Gasteiger partial charge in [0.05, 0.1) is 6.61 Å². The molecule has 1 rings (SSSR count). The molecular formula is C10H16N2O. The Morgan fingerprint density at radius 2 is 2.08 bits per heavy atom. The Bertz CT molecular complexity index is 274. The third-order valence-electron chi connectivity index (χ3n) is 2.06. The maximum absolute atomic E-state index is 4.91. The zero-order valence-corrected chi connectivity index (χ0v) is 8.13. The summed E-state index contributed by atoms with van der Waals surface area (Å²) in [7, 11) is 0. The molecule has 3 heteroatoms. The van der Waals surface area contributed by atoms with Gasteiger partial charge in [-0.25, -0.2) is 5.90 Å². The number of hydrogen-bond acceptors (Lipinski definition) is 3. The topological polar surface area (TPSA) is 47.3 Å². The highest BCUT2D eigenvalue weighted by Crippen LogP contribution is 2.13. The lowest BCUT2D eigenvalue weighted by Crippen LogP contribution is -2.12. The van der Waals surface area contributed by atoms with Crippen molar-refractivity contribution in [3.8, 4) is 0 Å². The summed E-state index contributed by atoms with van der Waals surface area (Å²) in [6, 6.07) is 6.27. The number of anilines is 1. The summed E-state index contributed by atoms with van der Waals surface area (Å²) >= 11 is 0. The van der Waals surface area contributed by atoms with Gasteiger partial charge >= 0.3 is 0 Å². The zero-order valence-electron chi connectivity index (χ0n) is 8.13. The van der Waals surface area contributed by atoms with E-state index >= 15 is 0 Å². The molecule has 0 atom stereocenters. The normalized spacial score (nSPS) is 10.1. The van der Waals surface area contributed by atoms with Gasteiger partial charge in [0.1, 0.15) is 0 Å². The lowest BCUT2D eigenvalue weighted by Gasteiger charge is -2.07. The molecule has 1 aromatic rings. The summed E-state index contributed by atoms with van der Waals surface area (Å²) in [5.41, 5.74) is 3.71. The highest BCUT2D eigenvalue weighted by molar-refractivity contribution is 5.47. The molecule has 72 valence electrons. The Morgan fingerprint density at radius 3 is 2.69 bits per heavy atom. The molecule has 0 heterocycles. The van der Waals surface area contributed by atoms with Crippen molar-refractivity contribution in [1.82, 2.24) is 0 Å². The second kappa shape index (κ2) is 4.84. The third kappa shape index (κ3) is 3.05. The van der Waals surface area contributed by atoms with Gasteiger partial charge in [0, 0.05) is 12.2 Å². The van der Waals surface area contributed by atoms with Gasteiger partial charge in [-0.3, -0.25) is 0 Å². The van der Waals surface area contributed by atoms with E-state index in [1.54, 1.807) is 0 Å². The maximum atomic E-state index is 4.91. The van der Waals surface area contributed by atoms with Gasteiger partial charge in [0.25, 0.3) is 0 Å². The van der Waals surface area contributed by atoms with Gasteiger partial charge in [-0.1, -0.05) is 6.07 Å². The van der Waals surface area contributed by atoms with Crippen molar-refractivity contribution >= 4 is 5.69 Å². The van der Waals surface area contributed by atoms with E-state index in [0.29, 0.717) is 6.61 Å². The molecule has 3 nitrogen and oxygen atoms in total. The number of nitrogens with two attached hydrogens (primary N) is 1. The Labute approximate surface area is 78.8 Å². The quantitative estimate of drug-likeness (QED) is 0.546. The zero-order chi connectivity index (χ0) is 9.68. The maximum Gasteiger partial charge on any atom is 0.0851 e. The van der Waals surface area contributed by atoms with E-state index in [0.717, 1.165) is 12.2 Å². The highest BCUT2D eigenvalue weighted by Gasteiger charge is 1.94. The lowest BCUT2D eigenvalue weighted by molar-refractivity contribution is 0.148. The molecule has 0 radical (unpaired) electrons. The van der Waals surface area contributed by atoms with E-state index in [2.05, 4.69) is 42.2 Å². The molecule has 3 N–H and O–H groups in total. The van der Waals surface area contributed by atoms with Crippen LogP contribution in [0.2, 0.25) is 0 Å². The van der Waals surface area contributed by atoms with Crippen molar-refractivity contribution in [3.05, 3.63) is 29.3 Å². The number of benzene rings is 1. The van der Waals surface area contributed by atoms with Gasteiger partial charge in [-0.2, -0.15) is 0 Å². The fourth-order valence-corrected chi connectivity index (χ4v) is 1.11. The van der Waals surface area contributed by atoms with Crippen LogP contribution in [0.25, 0.3) is 0 Å². The summed E-state index contributed by atoms with van der Waals surface area (Å²) in [6.07, 6.45) is 0. The fourth-order valence-electron chi connectivity index (χ4n) is 1.11. The van der Waals surface area contributed by atoms with Gasteiger partial charge in [0.2, 0.25) is 0 Å². The van der Waals surface area contributed by atoms with Gasteiger partial charge in [0.15, 0.2) is 0 Å². The SMILES string of the molecule is Cc1ccc(NCCON)cc1C. The molecule has 0 spiro atoms. The van der Waals surface area contributed by atoms with Crippen LogP contribution < -0.4 is 11.2 Å². The summed E-state index contributed by atoms with van der Waals surface area (Å²) < 4.78 is 0. The predicted octanol–water partition coefficient (Wildman–Crippen LogP) is 1.61. The summed E-state index contributed by atoms with van der Waals surface area (Å²) in [6.45, 7) is 5.45. The summed E-state index contributed by atoms with van der Waals surface area (Å²) in [4.78, 5) is 4.46. The van der Waals surface area contributed by atoms with Crippen LogP contribution >= 0.6 is 0 Å². The van der Waals surface area contributed by atoms with E-state index in [-0.39, 0.29) is 0 Å². The lowest BCUT2D eigenvalue weighted by atomic mass is 10.1. The van der Waals surface area contributed by atoms with Crippen LogP contribution in [0, 0.1) is 13.8 Å². The van der Waals surface area contributed by atoms with Crippen LogP contribution in [-0.4, -0.2) is 13.2 Å². The molecule has 0 aliphatic rings. The summed E-state index contributed by atoms with van der Waals surface area (Å²) in [5.74, 6) is 4.91. The Balaban J connectivity index is 2.53. The van der Waals surface area contributed by atoms with E-state index in [1.165, 1.54) is 11.1 Å². The minimum Gasteiger partial charge on any atom is -0.383 e. The molecule has 0 bridgehead atoms. The predicted molar refractivity (Wildman–Crippen MR) is 54.5 cm³/mol. The summed E-state index contributed by atoms with van der Waals surface area (Å²) in [5, 5.41) is 3.21. The molecule has 0 aliphatic heterocycles. The molecule has 0 aliphatic carbocycles. The van der Waals surface area contributed by atoms with Crippen LogP contribution in [0.15, 0.2) is 18.2 Å². The molecule has 0 aromatic heterocycles. The van der Waals surface area contributed by atoms with Crippen molar-refractivity contribution in [2.45, 2.75) is 13.8 Å². The van der Waals surface area contributed by atoms with Gasteiger partial charge < -0.3 is 10.2 Å². The van der Waals surface area contributed by atoms with Gasteiger partial charge in [-0.05, 0) is 37.1 Å². The average molecular weight is 180 g/mol. The van der Waals surface area contributed by atoms with Gasteiger partial charge in [-0.15, -0.1) is 0 Å². The van der Waals surface area contributed by atoms with Crippen LogP contribution in [0.1, 0.15) is 11.1 Å². The minimum atomic E-state index is 0.521. The van der Waals surface area contributed by atoms with E-state index in [9.17, 15) is 0 Å². The van der Waals surface area contributed by atoms with Crippen molar-refractivity contribution in [1.29, 1.82) is 0 Å². The molecular weight excluding hydrogens is 164 g/mol. The first-order valence-corrected chi connectivity index (χ1v) is 4.37. The largest absolute Gasteiger partial charge is 0.383 e. The fraction of sp³-hybridized carbons (Fsp3) is 0.400. The number of rotatable bonds is 4. The average Bonchev–Trinajstić information content (AvgIpc) is 2.12. The highest BCUT2D eigenvalue weighted by atomic mass is 16.6. The number of hydrogen-bond donors (Lipinski definition) is 2. The molecule has 0 unspecified atom stereocenters. The second-order valence-corrected chi connectivity index (χ2v) is 3.10. The first kappa shape index (κ1) is 10.0. The van der Waals surface area contributed by atoms with Crippen molar-refractivity contribution in [2.24, 2.45) is 5.90 Å².